The third-order valence-electron chi connectivity index (χ3n) is 0.315. The quantitative estimate of drug-likeness (QED) is 0.332. The second-order valence-electron chi connectivity index (χ2n) is 0.699. The second kappa shape index (κ2) is 5.37. The first-order valence-corrected chi connectivity index (χ1v) is 3.66. The lowest BCUT2D eigenvalue weighted by Crippen LogP contribution is -1.62. The topological polar surface area (TPSA) is 12.4 Å². The Bertz CT molecular complexity index is 44.1. The molecule has 0 N–H and O–H groups in total. The lowest BCUT2D eigenvalue weighted by Gasteiger charge is -1.77. The van der Waals surface area contributed by atoms with Crippen molar-refractivity contribution in [3.63, 3.8) is 0 Å². The molecule has 0 heterocycles. The molecule has 0 rings (SSSR count). The van der Waals surface area contributed by atoms with Crippen LogP contribution in [0.3, 0.4) is 0 Å². The highest BCUT2D eigenvalue weighted by molar-refractivity contribution is 8.68. The maximum Gasteiger partial charge on any atom is 0.0939 e. The summed E-state index contributed by atoms with van der Waals surface area (Å²) in [5.74, 6) is 0.764. The molecule has 0 radical (unpaired) electrons. The van der Waals surface area contributed by atoms with Crippen molar-refractivity contribution in [2.24, 2.45) is 4.99 Å². The van der Waals surface area contributed by atoms with E-state index in [1.807, 2.05) is 6.92 Å². The molecule has 0 saturated carbocycles. The summed E-state index contributed by atoms with van der Waals surface area (Å²) in [5.41, 5.74) is 0. The number of aliphatic imine (C=N–C) groups is 1. The largest absolute Gasteiger partial charge is 0.286 e. The van der Waals surface area contributed by atoms with E-state index >= 15 is 0 Å². The van der Waals surface area contributed by atoms with E-state index in [1.54, 1.807) is 6.21 Å². The monoisotopic (exact) mass is 121 g/mol. The van der Waals surface area contributed by atoms with Crippen molar-refractivity contribution in [3.8, 4) is 0 Å². The smallest absolute Gasteiger partial charge is 0.0939 e. The summed E-state index contributed by atoms with van der Waals surface area (Å²) in [4.78, 5) is 3.85. The summed E-state index contributed by atoms with van der Waals surface area (Å²) in [5, 5.41) is 0. The summed E-state index contributed by atoms with van der Waals surface area (Å²) in [6, 6.07) is 0. The third kappa shape index (κ3) is 4.37. The van der Waals surface area contributed by atoms with E-state index in [2.05, 4.69) is 16.7 Å². The van der Waals surface area contributed by atoms with Gasteiger partial charge >= 0.3 is 0 Å². The van der Waals surface area contributed by atoms with E-state index in [0.29, 0.717) is 0 Å². The molecule has 0 amide bonds. The fourth-order valence-corrected chi connectivity index (χ4v) is 0.524. The summed E-state index contributed by atoms with van der Waals surface area (Å²) in [6.07, 6.45) is 1.77. The van der Waals surface area contributed by atoms with Gasteiger partial charge in [-0.15, -0.1) is 11.7 Å². The van der Waals surface area contributed by atoms with Crippen LogP contribution in [0.5, 0.6) is 0 Å². The molecule has 0 aliphatic heterocycles. The highest BCUT2D eigenvalue weighted by Gasteiger charge is 1.65. The summed E-state index contributed by atoms with van der Waals surface area (Å²) >= 11 is 3.86. The Morgan fingerprint density at radius 2 is 2.67 bits per heavy atom. The van der Waals surface area contributed by atoms with Crippen LogP contribution in [0.25, 0.3) is 0 Å². The van der Waals surface area contributed by atoms with Gasteiger partial charge in [0.25, 0.3) is 0 Å². The molecule has 0 fully saturated rings. The van der Waals surface area contributed by atoms with Crippen LogP contribution in [0.1, 0.15) is 6.92 Å². The van der Waals surface area contributed by atoms with Crippen LogP contribution in [-0.4, -0.2) is 12.1 Å². The van der Waals surface area contributed by atoms with Gasteiger partial charge in [-0.3, -0.25) is 4.99 Å². The second-order valence-corrected chi connectivity index (χ2v) is 1.99. The molecule has 0 aromatic rings. The Hall–Kier alpha value is 0.370. The molecule has 0 aliphatic carbocycles. The standard InChI is InChI=1S/C3H7NS2/c1-2-4-3-6-5/h2,5H,3H2,1H3. The molecule has 0 aromatic heterocycles. The molecule has 0 atom stereocenters. The summed E-state index contributed by atoms with van der Waals surface area (Å²) < 4.78 is 0. The molecule has 0 aromatic carbocycles. The molecule has 3 heteroatoms. The lowest BCUT2D eigenvalue weighted by molar-refractivity contribution is 1.40. The van der Waals surface area contributed by atoms with Crippen molar-refractivity contribution >= 4 is 28.7 Å². The number of hydrogen-bond donors (Lipinski definition) is 1. The molecule has 0 unspecified atom stereocenters. The van der Waals surface area contributed by atoms with Crippen LogP contribution in [0.2, 0.25) is 0 Å². The number of hydrogen-bond acceptors (Lipinski definition) is 3. The molecule has 36 valence electrons. The van der Waals surface area contributed by atoms with Crippen molar-refractivity contribution in [1.29, 1.82) is 0 Å². The highest BCUT2D eigenvalue weighted by Crippen LogP contribution is 2.02. The van der Waals surface area contributed by atoms with Gasteiger partial charge in [0.1, 0.15) is 0 Å². The molecular formula is C3H7NS2. The third-order valence-corrected chi connectivity index (χ3v) is 0.926. The maximum atomic E-state index is 3.86. The highest BCUT2D eigenvalue weighted by atomic mass is 33.1. The van der Waals surface area contributed by atoms with Gasteiger partial charge < -0.3 is 0 Å². The Balaban J connectivity index is 2.66. The Kier molecular flexibility index (Phi) is 5.70. The van der Waals surface area contributed by atoms with Gasteiger partial charge in [0.15, 0.2) is 0 Å². The molecule has 6 heavy (non-hydrogen) atoms. The van der Waals surface area contributed by atoms with Crippen LogP contribution in [0, 0.1) is 0 Å². The van der Waals surface area contributed by atoms with Crippen LogP contribution in [0.15, 0.2) is 4.99 Å². The minimum absolute atomic E-state index is 0.764. The fraction of sp³-hybridized carbons (Fsp3) is 0.667. The average molecular weight is 121 g/mol. The van der Waals surface area contributed by atoms with Crippen LogP contribution >= 0.6 is 22.5 Å². The molecular weight excluding hydrogens is 114 g/mol. The Morgan fingerprint density at radius 1 is 2.00 bits per heavy atom. The van der Waals surface area contributed by atoms with Gasteiger partial charge in [0.2, 0.25) is 0 Å². The predicted molar refractivity (Wildman–Crippen MR) is 35.6 cm³/mol. The van der Waals surface area contributed by atoms with E-state index in [-0.39, 0.29) is 0 Å². The van der Waals surface area contributed by atoms with Gasteiger partial charge in [-0.05, 0) is 13.1 Å². The minimum Gasteiger partial charge on any atom is -0.286 e. The maximum absolute atomic E-state index is 3.86. The summed E-state index contributed by atoms with van der Waals surface area (Å²) in [6.45, 7) is 1.89. The minimum atomic E-state index is 0.764. The Morgan fingerprint density at radius 3 is 2.83 bits per heavy atom. The lowest BCUT2D eigenvalue weighted by atomic mass is 10.9. The van der Waals surface area contributed by atoms with E-state index in [9.17, 15) is 0 Å². The Labute approximate surface area is 47.0 Å². The molecule has 0 aliphatic rings. The van der Waals surface area contributed by atoms with E-state index in [1.165, 1.54) is 10.8 Å². The van der Waals surface area contributed by atoms with Gasteiger partial charge in [-0.1, -0.05) is 10.8 Å². The summed E-state index contributed by atoms with van der Waals surface area (Å²) in [7, 11) is 1.42. The molecule has 0 spiro atoms. The van der Waals surface area contributed by atoms with Crippen molar-refractivity contribution in [3.05, 3.63) is 0 Å². The van der Waals surface area contributed by atoms with Gasteiger partial charge in [-0.2, -0.15) is 0 Å². The number of thiol groups is 1. The van der Waals surface area contributed by atoms with E-state index in [4.69, 9.17) is 0 Å². The van der Waals surface area contributed by atoms with E-state index in [0.717, 1.165) is 5.88 Å². The van der Waals surface area contributed by atoms with Crippen molar-refractivity contribution < 1.29 is 0 Å². The SMILES string of the molecule is CC=NCSS. The first kappa shape index (κ1) is 6.37. The zero-order valence-electron chi connectivity index (χ0n) is 3.59. The van der Waals surface area contributed by atoms with Crippen molar-refractivity contribution in [2.75, 3.05) is 5.88 Å². The predicted octanol–water partition coefficient (Wildman–Crippen LogP) is 1.61. The first-order valence-electron chi connectivity index (χ1n) is 1.62. The zero-order valence-corrected chi connectivity index (χ0v) is 5.30. The number of nitrogens with zero attached hydrogens (tertiary/aromatic N) is 1. The van der Waals surface area contributed by atoms with Gasteiger partial charge in [0.05, 0.1) is 5.88 Å². The van der Waals surface area contributed by atoms with Crippen LogP contribution in [-0.2, 0) is 0 Å². The van der Waals surface area contributed by atoms with Gasteiger partial charge in [-0.25, -0.2) is 0 Å². The molecule has 1 nitrogen and oxygen atoms in total. The van der Waals surface area contributed by atoms with E-state index < -0.39 is 0 Å². The fourth-order valence-electron chi connectivity index (χ4n) is 0.108. The van der Waals surface area contributed by atoms with Gasteiger partial charge in [0, 0.05) is 0 Å². The molecule has 0 saturated heterocycles. The van der Waals surface area contributed by atoms with Crippen molar-refractivity contribution in [1.82, 2.24) is 0 Å². The molecule has 0 bridgehead atoms. The van der Waals surface area contributed by atoms with Crippen LogP contribution < -0.4 is 0 Å². The van der Waals surface area contributed by atoms with Crippen molar-refractivity contribution in [2.45, 2.75) is 6.92 Å². The van der Waals surface area contributed by atoms with Crippen LogP contribution in [0.4, 0.5) is 0 Å². The zero-order chi connectivity index (χ0) is 4.83. The number of rotatable bonds is 2. The normalized spacial score (nSPS) is 10.3. The average Bonchev–Trinajstić information content (AvgIpc) is 1.61. The first-order chi connectivity index (χ1) is 2.91.